The summed E-state index contributed by atoms with van der Waals surface area (Å²) in [6.07, 6.45) is 0.985. The Morgan fingerprint density at radius 3 is 2.67 bits per heavy atom. The highest BCUT2D eigenvalue weighted by Gasteiger charge is 2.45. The van der Waals surface area contributed by atoms with E-state index < -0.39 is 19.6 Å². The molecule has 0 spiro atoms. The molecule has 0 fully saturated rings. The number of rotatable bonds is 7. The molecule has 36 heavy (non-hydrogen) atoms. The molecule has 2 aliphatic rings. The van der Waals surface area contributed by atoms with E-state index in [4.69, 9.17) is 19.2 Å². The molecule has 0 saturated heterocycles. The van der Waals surface area contributed by atoms with Gasteiger partial charge in [-0.05, 0) is 42.7 Å². The van der Waals surface area contributed by atoms with Crippen molar-refractivity contribution >= 4 is 24.9 Å². The number of esters is 1. The van der Waals surface area contributed by atoms with E-state index in [0.717, 1.165) is 34.6 Å². The van der Waals surface area contributed by atoms with E-state index in [1.165, 1.54) is 5.56 Å². The molecular formula is C27H32N2O6Si. The average molecular weight is 509 g/mol. The minimum atomic E-state index is -1.84. The van der Waals surface area contributed by atoms with Gasteiger partial charge in [0.15, 0.2) is 12.4 Å². The molecule has 5 rings (SSSR count). The van der Waals surface area contributed by atoms with Gasteiger partial charge in [-0.25, -0.2) is 9.78 Å². The first-order valence-corrected chi connectivity index (χ1v) is 16.0. The molecule has 0 saturated carbocycles. The molecule has 1 atom stereocenters. The van der Waals surface area contributed by atoms with Crippen LogP contribution in [0.15, 0.2) is 29.1 Å². The Bertz CT molecular complexity index is 1440. The second-order valence-corrected chi connectivity index (χ2v) is 16.4. The van der Waals surface area contributed by atoms with Crippen LogP contribution < -0.4 is 10.3 Å². The van der Waals surface area contributed by atoms with Gasteiger partial charge in [0.05, 0.1) is 29.0 Å². The van der Waals surface area contributed by atoms with Crippen LogP contribution in [0.5, 0.6) is 5.75 Å². The first-order chi connectivity index (χ1) is 17.1. The molecule has 0 amide bonds. The molecule has 0 bridgehead atoms. The zero-order chi connectivity index (χ0) is 25.8. The van der Waals surface area contributed by atoms with Gasteiger partial charge in [0.25, 0.3) is 5.56 Å². The number of aryl methyl sites for hydroxylation is 1. The van der Waals surface area contributed by atoms with Gasteiger partial charge >= 0.3 is 5.97 Å². The van der Waals surface area contributed by atoms with Crippen molar-refractivity contribution in [3.8, 4) is 17.1 Å². The van der Waals surface area contributed by atoms with E-state index >= 15 is 0 Å². The fourth-order valence-corrected chi connectivity index (χ4v) is 6.14. The number of pyridine rings is 2. The Balaban J connectivity index is 1.73. The first kappa shape index (κ1) is 24.7. The zero-order valence-electron chi connectivity index (χ0n) is 21.4. The van der Waals surface area contributed by atoms with Gasteiger partial charge in [0.2, 0.25) is 0 Å². The number of ether oxygens (including phenoxy) is 3. The number of methoxy groups -OCH3 is 1. The third-order valence-corrected chi connectivity index (χ3v) is 9.00. The van der Waals surface area contributed by atoms with E-state index in [1.54, 1.807) is 24.7 Å². The summed E-state index contributed by atoms with van der Waals surface area (Å²) in [4.78, 5) is 31.0. The van der Waals surface area contributed by atoms with Crippen LogP contribution in [0.2, 0.25) is 25.7 Å². The second kappa shape index (κ2) is 8.83. The lowest BCUT2D eigenvalue weighted by atomic mass is 9.86. The number of benzene rings is 1. The molecule has 3 aromatic rings. The number of nitrogens with zero attached hydrogens (tertiary/aromatic N) is 2. The molecule has 0 unspecified atom stereocenters. The Hall–Kier alpha value is -3.01. The van der Waals surface area contributed by atoms with E-state index in [9.17, 15) is 14.7 Å². The van der Waals surface area contributed by atoms with Gasteiger partial charge in [0, 0.05) is 31.7 Å². The fourth-order valence-electron chi connectivity index (χ4n) is 5.14. The number of carbonyl (C=O) groups is 1. The SMILES string of the molecule is CC[C@@]1(O)C(=O)OCc2c1cc1n(c2=O)Cc2c-1nc1ccc(OCOC)cc1c2CC[Si](C)(C)C. The fraction of sp³-hybridized carbons (Fsp3) is 0.444. The highest BCUT2D eigenvalue weighted by Crippen LogP contribution is 2.41. The molecule has 2 aliphatic heterocycles. The van der Waals surface area contributed by atoms with Crippen molar-refractivity contribution in [3.63, 3.8) is 0 Å². The van der Waals surface area contributed by atoms with Crippen molar-refractivity contribution in [2.24, 2.45) is 0 Å². The summed E-state index contributed by atoms with van der Waals surface area (Å²) in [5.74, 6) is -0.0156. The van der Waals surface area contributed by atoms with Crippen molar-refractivity contribution in [1.82, 2.24) is 9.55 Å². The highest BCUT2D eigenvalue weighted by atomic mass is 28.3. The lowest BCUT2D eigenvalue weighted by molar-refractivity contribution is -0.172. The smallest absolute Gasteiger partial charge is 0.343 e. The average Bonchev–Trinajstić information content (AvgIpc) is 3.21. The predicted molar refractivity (Wildman–Crippen MR) is 139 cm³/mol. The molecular weight excluding hydrogens is 476 g/mol. The van der Waals surface area contributed by atoms with Crippen LogP contribution in [0.1, 0.15) is 35.6 Å². The molecule has 8 nitrogen and oxygen atoms in total. The summed E-state index contributed by atoms with van der Waals surface area (Å²) in [6, 6.07) is 8.65. The lowest BCUT2D eigenvalue weighted by Gasteiger charge is -2.31. The van der Waals surface area contributed by atoms with E-state index in [2.05, 4.69) is 19.6 Å². The topological polar surface area (TPSA) is 99.9 Å². The van der Waals surface area contributed by atoms with Crippen LogP contribution in [0.3, 0.4) is 0 Å². The molecule has 4 heterocycles. The molecule has 9 heteroatoms. The maximum absolute atomic E-state index is 13.6. The summed E-state index contributed by atoms with van der Waals surface area (Å²) in [7, 11) is 0.219. The second-order valence-electron chi connectivity index (χ2n) is 10.8. The monoisotopic (exact) mass is 508 g/mol. The van der Waals surface area contributed by atoms with Crippen LogP contribution >= 0.6 is 0 Å². The Kier molecular flexibility index (Phi) is 6.05. The Morgan fingerprint density at radius 1 is 1.19 bits per heavy atom. The van der Waals surface area contributed by atoms with Gasteiger partial charge in [-0.15, -0.1) is 0 Å². The van der Waals surface area contributed by atoms with E-state index in [0.29, 0.717) is 29.1 Å². The van der Waals surface area contributed by atoms with Crippen LogP contribution in [0, 0.1) is 0 Å². The number of aromatic nitrogens is 2. The van der Waals surface area contributed by atoms with Crippen LogP contribution in [-0.2, 0) is 39.4 Å². The lowest BCUT2D eigenvalue weighted by Crippen LogP contribution is -2.44. The van der Waals surface area contributed by atoms with Gasteiger partial charge < -0.3 is 23.9 Å². The summed E-state index contributed by atoms with van der Waals surface area (Å²) in [5, 5.41) is 12.2. The Labute approximate surface area is 210 Å². The first-order valence-electron chi connectivity index (χ1n) is 12.3. The quantitative estimate of drug-likeness (QED) is 0.229. The van der Waals surface area contributed by atoms with Crippen molar-refractivity contribution < 1.29 is 24.1 Å². The molecule has 1 N–H and O–H groups in total. The largest absolute Gasteiger partial charge is 0.468 e. The molecule has 2 aromatic heterocycles. The van der Waals surface area contributed by atoms with Gasteiger partial charge in [-0.1, -0.05) is 32.6 Å². The number of hydrogen-bond donors (Lipinski definition) is 1. The number of hydrogen-bond acceptors (Lipinski definition) is 7. The van der Waals surface area contributed by atoms with Crippen molar-refractivity contribution in [2.45, 2.75) is 64.2 Å². The van der Waals surface area contributed by atoms with E-state index in [-0.39, 0.29) is 25.4 Å². The minimum Gasteiger partial charge on any atom is -0.468 e. The number of cyclic esters (lactones) is 1. The maximum Gasteiger partial charge on any atom is 0.343 e. The van der Waals surface area contributed by atoms with Crippen molar-refractivity contribution in [2.75, 3.05) is 13.9 Å². The number of aliphatic hydroxyl groups is 1. The van der Waals surface area contributed by atoms with E-state index in [1.807, 2.05) is 18.2 Å². The molecule has 0 radical (unpaired) electrons. The minimum absolute atomic E-state index is 0.117. The molecule has 1 aromatic carbocycles. The Morgan fingerprint density at radius 2 is 1.97 bits per heavy atom. The standard InChI is InChI=1S/C27H32N2O6Si/c1-6-27(32)21-12-23-24-19(13-29(23)25(30)20(21)14-34-26(27)31)17(9-10-36(3,4)5)18-11-16(35-15-33-2)7-8-22(18)28-24/h7-8,11-12,32H,6,9-10,13-15H2,1-5H3/t27-/m0/s1. The van der Waals surface area contributed by atoms with Crippen LogP contribution in [-0.4, -0.2) is 42.6 Å². The van der Waals surface area contributed by atoms with Gasteiger partial charge in [-0.3, -0.25) is 4.79 Å². The van der Waals surface area contributed by atoms with Crippen LogP contribution in [0.25, 0.3) is 22.3 Å². The van der Waals surface area contributed by atoms with Crippen molar-refractivity contribution in [1.29, 1.82) is 0 Å². The van der Waals surface area contributed by atoms with Crippen LogP contribution in [0.4, 0.5) is 0 Å². The third kappa shape index (κ3) is 3.95. The number of fused-ring (bicyclic) bond motifs is 5. The predicted octanol–water partition coefficient (Wildman–Crippen LogP) is 3.94. The highest BCUT2D eigenvalue weighted by molar-refractivity contribution is 6.76. The third-order valence-electron chi connectivity index (χ3n) is 7.25. The maximum atomic E-state index is 13.6. The molecule has 190 valence electrons. The summed E-state index contributed by atoms with van der Waals surface area (Å²) in [6.45, 7) is 9.16. The summed E-state index contributed by atoms with van der Waals surface area (Å²) >= 11 is 0. The van der Waals surface area contributed by atoms with Crippen molar-refractivity contribution in [3.05, 3.63) is 56.9 Å². The summed E-state index contributed by atoms with van der Waals surface area (Å²) in [5.41, 5.74) is 2.93. The zero-order valence-corrected chi connectivity index (χ0v) is 22.4. The molecule has 0 aliphatic carbocycles. The van der Waals surface area contributed by atoms with Gasteiger partial charge in [0.1, 0.15) is 12.4 Å². The normalized spacial score (nSPS) is 18.6. The summed E-state index contributed by atoms with van der Waals surface area (Å²) < 4.78 is 17.7. The van der Waals surface area contributed by atoms with Gasteiger partial charge in [-0.2, -0.15) is 0 Å². The number of carbonyl (C=O) groups excluding carboxylic acids is 1.